The van der Waals surface area contributed by atoms with Gasteiger partial charge in [-0.05, 0) is 55.7 Å². The minimum Gasteiger partial charge on any atom is -0.459 e. The molecule has 2 aromatic heterocycles. The maximum Gasteiger partial charge on any atom is 0.290 e. The molecule has 4 heterocycles. The quantitative estimate of drug-likeness (QED) is 0.624. The van der Waals surface area contributed by atoms with E-state index in [0.717, 1.165) is 68.8 Å². The Hall–Kier alpha value is -3.10. The number of likely N-dealkylation sites (tertiary alicyclic amines) is 1. The first kappa shape index (κ1) is 21.7. The van der Waals surface area contributed by atoms with Crippen molar-refractivity contribution < 1.29 is 18.7 Å². The van der Waals surface area contributed by atoms with E-state index in [4.69, 9.17) is 9.15 Å². The summed E-state index contributed by atoms with van der Waals surface area (Å²) in [6, 6.07) is 10.9. The van der Waals surface area contributed by atoms with E-state index in [9.17, 15) is 9.59 Å². The fourth-order valence-corrected chi connectivity index (χ4v) is 4.76. The van der Waals surface area contributed by atoms with Gasteiger partial charge in [-0.3, -0.25) is 14.5 Å². The van der Waals surface area contributed by atoms with Crippen LogP contribution in [0.15, 0.2) is 53.3 Å². The van der Waals surface area contributed by atoms with Crippen molar-refractivity contribution in [2.75, 3.05) is 44.7 Å². The molecule has 1 aromatic carbocycles. The van der Waals surface area contributed by atoms with Gasteiger partial charge in [-0.1, -0.05) is 0 Å². The van der Waals surface area contributed by atoms with Crippen LogP contribution in [-0.4, -0.2) is 71.6 Å². The number of rotatable bonds is 6. The smallest absolute Gasteiger partial charge is 0.290 e. The molecule has 2 aliphatic rings. The van der Waals surface area contributed by atoms with Crippen molar-refractivity contribution in [3.05, 3.63) is 54.6 Å². The number of hydrogen-bond acceptors (Lipinski definition) is 5. The number of carbonyl (C=O) groups excluding carboxylic acids is 2. The van der Waals surface area contributed by atoms with Crippen LogP contribution in [0.4, 0.5) is 5.69 Å². The summed E-state index contributed by atoms with van der Waals surface area (Å²) in [6.45, 7) is 6.05. The SMILES string of the molecule is O=C(Nc1ccc2c(ccn2CCN2CCOCC2)c1)C1CCCCN1C(=O)c1ccco1. The number of anilines is 1. The molecule has 5 rings (SSSR count). The molecule has 2 aliphatic heterocycles. The normalized spacial score (nSPS) is 19.6. The molecule has 0 aliphatic carbocycles. The second kappa shape index (κ2) is 9.80. The molecule has 2 fully saturated rings. The highest BCUT2D eigenvalue weighted by molar-refractivity contribution is 6.01. The van der Waals surface area contributed by atoms with Crippen LogP contribution in [0.1, 0.15) is 29.8 Å². The number of aromatic nitrogens is 1. The maximum absolute atomic E-state index is 13.1. The van der Waals surface area contributed by atoms with Crippen LogP contribution in [0.3, 0.4) is 0 Å². The summed E-state index contributed by atoms with van der Waals surface area (Å²) in [6.07, 6.45) is 6.04. The van der Waals surface area contributed by atoms with Gasteiger partial charge in [0.25, 0.3) is 5.91 Å². The van der Waals surface area contributed by atoms with Crippen LogP contribution < -0.4 is 5.32 Å². The van der Waals surface area contributed by atoms with Crippen LogP contribution in [-0.2, 0) is 16.1 Å². The van der Waals surface area contributed by atoms with Crippen molar-refractivity contribution in [2.24, 2.45) is 0 Å². The lowest BCUT2D eigenvalue weighted by molar-refractivity contribution is -0.121. The minimum atomic E-state index is -0.495. The first-order valence-electron chi connectivity index (χ1n) is 11.7. The first-order chi connectivity index (χ1) is 16.2. The van der Waals surface area contributed by atoms with Crippen molar-refractivity contribution in [1.82, 2.24) is 14.4 Å². The van der Waals surface area contributed by atoms with E-state index in [1.165, 1.54) is 6.26 Å². The summed E-state index contributed by atoms with van der Waals surface area (Å²) in [5, 5.41) is 4.12. The third-order valence-corrected chi connectivity index (χ3v) is 6.60. The van der Waals surface area contributed by atoms with Gasteiger partial charge < -0.3 is 23.9 Å². The molecule has 0 radical (unpaired) electrons. The largest absolute Gasteiger partial charge is 0.459 e. The number of nitrogens with one attached hydrogen (secondary N) is 1. The molecule has 8 nitrogen and oxygen atoms in total. The van der Waals surface area contributed by atoms with Crippen molar-refractivity contribution in [1.29, 1.82) is 0 Å². The van der Waals surface area contributed by atoms with Crippen molar-refractivity contribution >= 4 is 28.4 Å². The molecule has 1 N–H and O–H groups in total. The second-order valence-electron chi connectivity index (χ2n) is 8.71. The summed E-state index contributed by atoms with van der Waals surface area (Å²) in [7, 11) is 0. The average molecular weight is 451 g/mol. The van der Waals surface area contributed by atoms with Gasteiger partial charge >= 0.3 is 0 Å². The Morgan fingerprint density at radius 2 is 1.91 bits per heavy atom. The van der Waals surface area contributed by atoms with E-state index in [1.807, 2.05) is 12.1 Å². The number of benzene rings is 1. The zero-order valence-electron chi connectivity index (χ0n) is 18.7. The Bertz CT molecular complexity index is 1100. The molecular weight excluding hydrogens is 420 g/mol. The van der Waals surface area contributed by atoms with E-state index in [0.29, 0.717) is 13.0 Å². The van der Waals surface area contributed by atoms with Gasteiger partial charge in [-0.15, -0.1) is 0 Å². The summed E-state index contributed by atoms with van der Waals surface area (Å²) in [5.41, 5.74) is 1.89. The van der Waals surface area contributed by atoms with Crippen LogP contribution in [0, 0.1) is 0 Å². The van der Waals surface area contributed by atoms with Crippen molar-refractivity contribution in [2.45, 2.75) is 31.8 Å². The fourth-order valence-electron chi connectivity index (χ4n) is 4.76. The molecule has 33 heavy (non-hydrogen) atoms. The average Bonchev–Trinajstić information content (AvgIpc) is 3.53. The number of nitrogens with zero attached hydrogens (tertiary/aromatic N) is 3. The highest BCUT2D eigenvalue weighted by Crippen LogP contribution is 2.24. The standard InChI is InChI=1S/C25H30N4O4/c30-24(22-4-1-2-9-29(22)25(31)23-5-3-15-33-23)26-20-6-7-21-19(18-20)8-10-28(21)12-11-27-13-16-32-17-14-27/h3,5-8,10,15,18,22H,1-2,4,9,11-14,16-17H2,(H,26,30). The van der Waals surface area contributed by atoms with Gasteiger partial charge in [0.05, 0.1) is 19.5 Å². The topological polar surface area (TPSA) is 80.0 Å². The van der Waals surface area contributed by atoms with Gasteiger partial charge in [-0.25, -0.2) is 0 Å². The lowest BCUT2D eigenvalue weighted by Crippen LogP contribution is -2.49. The van der Waals surface area contributed by atoms with Gasteiger partial charge in [0.2, 0.25) is 5.91 Å². The number of fused-ring (bicyclic) bond motifs is 1. The zero-order chi connectivity index (χ0) is 22.6. The predicted octanol–water partition coefficient (Wildman–Crippen LogP) is 3.20. The molecule has 1 unspecified atom stereocenters. The molecule has 3 aromatic rings. The van der Waals surface area contributed by atoms with Gasteiger partial charge in [0.1, 0.15) is 6.04 Å². The lowest BCUT2D eigenvalue weighted by Gasteiger charge is -2.34. The van der Waals surface area contributed by atoms with E-state index in [-0.39, 0.29) is 17.6 Å². The third kappa shape index (κ3) is 4.82. The summed E-state index contributed by atoms with van der Waals surface area (Å²) >= 11 is 0. The zero-order valence-corrected chi connectivity index (χ0v) is 18.7. The lowest BCUT2D eigenvalue weighted by atomic mass is 10.0. The van der Waals surface area contributed by atoms with Crippen molar-refractivity contribution in [3.8, 4) is 0 Å². The monoisotopic (exact) mass is 450 g/mol. The Kier molecular flexibility index (Phi) is 6.46. The minimum absolute atomic E-state index is 0.152. The molecule has 1 atom stereocenters. The van der Waals surface area contributed by atoms with Crippen LogP contribution in [0.2, 0.25) is 0 Å². The number of piperidine rings is 1. The molecule has 0 spiro atoms. The molecule has 2 saturated heterocycles. The summed E-state index contributed by atoms with van der Waals surface area (Å²) < 4.78 is 12.9. The molecule has 2 amide bonds. The highest BCUT2D eigenvalue weighted by Gasteiger charge is 2.33. The van der Waals surface area contributed by atoms with Crippen LogP contribution in [0.25, 0.3) is 10.9 Å². The number of furan rings is 1. The summed E-state index contributed by atoms with van der Waals surface area (Å²) in [5.74, 6) is -0.108. The number of amides is 2. The maximum atomic E-state index is 13.1. The molecular formula is C25H30N4O4. The van der Waals surface area contributed by atoms with Crippen LogP contribution in [0.5, 0.6) is 0 Å². The number of hydrogen-bond donors (Lipinski definition) is 1. The van der Waals surface area contributed by atoms with E-state index in [1.54, 1.807) is 17.0 Å². The predicted molar refractivity (Wildman–Crippen MR) is 125 cm³/mol. The summed E-state index contributed by atoms with van der Waals surface area (Å²) in [4.78, 5) is 30.0. The van der Waals surface area contributed by atoms with E-state index in [2.05, 4.69) is 33.1 Å². The van der Waals surface area contributed by atoms with Crippen molar-refractivity contribution in [3.63, 3.8) is 0 Å². The number of ether oxygens (including phenoxy) is 1. The first-order valence-corrected chi connectivity index (χ1v) is 11.7. The van der Waals surface area contributed by atoms with E-state index >= 15 is 0 Å². The molecule has 8 heteroatoms. The van der Waals surface area contributed by atoms with Crippen LogP contribution >= 0.6 is 0 Å². The Morgan fingerprint density at radius 3 is 2.73 bits per heavy atom. The third-order valence-electron chi connectivity index (χ3n) is 6.60. The molecule has 174 valence electrons. The number of carbonyl (C=O) groups is 2. The Balaban J connectivity index is 1.25. The Labute approximate surface area is 193 Å². The fraction of sp³-hybridized carbons (Fsp3) is 0.440. The molecule has 0 saturated carbocycles. The van der Waals surface area contributed by atoms with Gasteiger partial charge in [-0.2, -0.15) is 0 Å². The number of morpholine rings is 1. The van der Waals surface area contributed by atoms with E-state index < -0.39 is 6.04 Å². The van der Waals surface area contributed by atoms with Gasteiger partial charge in [0, 0.05) is 55.5 Å². The highest BCUT2D eigenvalue weighted by atomic mass is 16.5. The Morgan fingerprint density at radius 1 is 1.03 bits per heavy atom. The van der Waals surface area contributed by atoms with Gasteiger partial charge in [0.15, 0.2) is 5.76 Å². The second-order valence-corrected chi connectivity index (χ2v) is 8.71. The molecule has 0 bridgehead atoms.